The van der Waals surface area contributed by atoms with Crippen LogP contribution >= 0.6 is 11.3 Å². The number of para-hydroxylation sites is 1. The zero-order valence-electron chi connectivity index (χ0n) is 9.21. The monoisotopic (exact) mass is 261 g/mol. The molecule has 0 fully saturated rings. The number of benzene rings is 1. The van der Waals surface area contributed by atoms with Crippen LogP contribution in [-0.4, -0.2) is 18.3 Å². The highest BCUT2D eigenvalue weighted by molar-refractivity contribution is 7.18. The summed E-state index contributed by atoms with van der Waals surface area (Å²) in [5.41, 5.74) is -1.79. The van der Waals surface area contributed by atoms with E-state index < -0.39 is 11.8 Å². The Labute approximate surface area is 100 Å². The Balaban J connectivity index is 2.58. The van der Waals surface area contributed by atoms with Crippen LogP contribution in [-0.2, 0) is 10.3 Å². The molecule has 2 aromatic rings. The molecular weight excluding hydrogens is 251 g/mol. The van der Waals surface area contributed by atoms with Crippen LogP contribution < -0.4 is 0 Å². The highest BCUT2D eigenvalue weighted by Gasteiger charge is 2.55. The molecule has 0 bridgehead atoms. The molecule has 0 aliphatic carbocycles. The van der Waals surface area contributed by atoms with Crippen LogP contribution in [0.5, 0.6) is 0 Å². The average Bonchev–Trinajstić information content (AvgIpc) is 2.70. The van der Waals surface area contributed by atoms with Crippen molar-refractivity contribution in [3.05, 3.63) is 29.3 Å². The molecule has 1 aromatic carbocycles. The number of fused-ring (bicyclic) bond motifs is 1. The third-order valence-corrected chi connectivity index (χ3v) is 3.89. The zero-order valence-corrected chi connectivity index (χ0v) is 10.0. The summed E-state index contributed by atoms with van der Waals surface area (Å²) in [7, 11) is 1.04. The van der Waals surface area contributed by atoms with Crippen LogP contribution in [0.3, 0.4) is 0 Å². The van der Waals surface area contributed by atoms with E-state index in [-0.39, 0.29) is 5.01 Å². The second-order valence-electron chi connectivity index (χ2n) is 3.72. The van der Waals surface area contributed by atoms with E-state index in [0.29, 0.717) is 5.52 Å². The lowest BCUT2D eigenvalue weighted by Gasteiger charge is -2.28. The van der Waals surface area contributed by atoms with Gasteiger partial charge in [0, 0.05) is 7.11 Å². The SMILES string of the molecule is COC(C)(c1nc2ccccc2s1)C(F)(F)F. The molecule has 2 nitrogen and oxygen atoms in total. The second-order valence-corrected chi connectivity index (χ2v) is 4.75. The Morgan fingerprint density at radius 2 is 1.88 bits per heavy atom. The van der Waals surface area contributed by atoms with Crippen LogP contribution in [0, 0.1) is 0 Å². The first kappa shape index (κ1) is 12.3. The lowest BCUT2D eigenvalue weighted by molar-refractivity contribution is -0.269. The maximum atomic E-state index is 13.0. The van der Waals surface area contributed by atoms with Gasteiger partial charge < -0.3 is 4.74 Å². The summed E-state index contributed by atoms with van der Waals surface area (Å²) >= 11 is 1.000. The summed E-state index contributed by atoms with van der Waals surface area (Å²) in [5, 5.41) is -0.0753. The molecule has 0 aliphatic heterocycles. The standard InChI is InChI=1S/C11H10F3NOS/c1-10(16-2,11(12,13)14)9-15-7-5-3-4-6-8(7)17-9/h3-6H,1-2H3. The van der Waals surface area contributed by atoms with Crippen molar-refractivity contribution < 1.29 is 17.9 Å². The third kappa shape index (κ3) is 1.91. The summed E-state index contributed by atoms with van der Waals surface area (Å²) in [5.74, 6) is 0. The number of thiazole rings is 1. The topological polar surface area (TPSA) is 22.1 Å². The molecule has 1 aromatic heterocycles. The Morgan fingerprint density at radius 3 is 2.41 bits per heavy atom. The van der Waals surface area contributed by atoms with Crippen molar-refractivity contribution in [2.45, 2.75) is 18.7 Å². The van der Waals surface area contributed by atoms with Crippen LogP contribution in [0.4, 0.5) is 13.2 Å². The van der Waals surface area contributed by atoms with Gasteiger partial charge in [0.15, 0.2) is 0 Å². The van der Waals surface area contributed by atoms with E-state index in [1.807, 2.05) is 0 Å². The molecule has 0 N–H and O–H groups in total. The third-order valence-electron chi connectivity index (χ3n) is 2.65. The molecule has 0 saturated carbocycles. The molecule has 17 heavy (non-hydrogen) atoms. The van der Waals surface area contributed by atoms with E-state index >= 15 is 0 Å². The fourth-order valence-electron chi connectivity index (χ4n) is 1.40. The van der Waals surface area contributed by atoms with E-state index in [1.165, 1.54) is 0 Å². The average molecular weight is 261 g/mol. The number of ether oxygens (including phenoxy) is 1. The Kier molecular flexibility index (Phi) is 2.87. The van der Waals surface area contributed by atoms with Gasteiger partial charge in [-0.1, -0.05) is 12.1 Å². The molecule has 6 heteroatoms. The molecular formula is C11H10F3NOS. The number of aromatic nitrogens is 1. The van der Waals surface area contributed by atoms with Crippen molar-refractivity contribution in [2.75, 3.05) is 7.11 Å². The molecule has 0 amide bonds. The number of methoxy groups -OCH3 is 1. The summed E-state index contributed by atoms with van der Waals surface area (Å²) < 4.78 is 44.2. The largest absolute Gasteiger partial charge is 0.423 e. The maximum Gasteiger partial charge on any atom is 0.423 e. The number of hydrogen-bond acceptors (Lipinski definition) is 3. The Bertz CT molecular complexity index is 504. The van der Waals surface area contributed by atoms with E-state index in [2.05, 4.69) is 9.72 Å². The van der Waals surface area contributed by atoms with Gasteiger partial charge in [0.05, 0.1) is 10.2 Å². The van der Waals surface area contributed by atoms with Gasteiger partial charge in [-0.25, -0.2) is 4.98 Å². The number of nitrogens with zero attached hydrogens (tertiary/aromatic N) is 1. The van der Waals surface area contributed by atoms with Gasteiger partial charge in [-0.2, -0.15) is 13.2 Å². The van der Waals surface area contributed by atoms with Crippen LogP contribution in [0.2, 0.25) is 0 Å². The lowest BCUT2D eigenvalue weighted by Crippen LogP contribution is -2.41. The summed E-state index contributed by atoms with van der Waals surface area (Å²) in [6.07, 6.45) is -4.49. The van der Waals surface area contributed by atoms with Crippen molar-refractivity contribution >= 4 is 21.6 Å². The Hall–Kier alpha value is -1.14. The van der Waals surface area contributed by atoms with Crippen LogP contribution in [0.15, 0.2) is 24.3 Å². The lowest BCUT2D eigenvalue weighted by atomic mass is 10.1. The number of rotatable bonds is 2. The number of hydrogen-bond donors (Lipinski definition) is 0. The normalized spacial score (nSPS) is 16.1. The maximum absolute atomic E-state index is 13.0. The fraction of sp³-hybridized carbons (Fsp3) is 0.364. The number of alkyl halides is 3. The van der Waals surface area contributed by atoms with E-state index in [9.17, 15) is 13.2 Å². The van der Waals surface area contributed by atoms with Crippen molar-refractivity contribution in [3.8, 4) is 0 Å². The van der Waals surface area contributed by atoms with Gasteiger partial charge in [-0.15, -0.1) is 11.3 Å². The first-order chi connectivity index (χ1) is 7.88. The second kappa shape index (κ2) is 3.96. The molecule has 1 atom stereocenters. The smallest absolute Gasteiger partial charge is 0.362 e. The first-order valence-electron chi connectivity index (χ1n) is 4.86. The predicted octanol–water partition coefficient (Wildman–Crippen LogP) is 3.72. The van der Waals surface area contributed by atoms with E-state index in [0.717, 1.165) is 30.1 Å². The molecule has 2 rings (SSSR count). The van der Waals surface area contributed by atoms with Gasteiger partial charge in [0.25, 0.3) is 0 Å². The highest BCUT2D eigenvalue weighted by atomic mass is 32.1. The van der Waals surface area contributed by atoms with Crippen molar-refractivity contribution in [3.63, 3.8) is 0 Å². The molecule has 1 heterocycles. The summed E-state index contributed by atoms with van der Waals surface area (Å²) in [6.45, 7) is 0.991. The Morgan fingerprint density at radius 1 is 1.24 bits per heavy atom. The number of halogens is 3. The molecule has 1 unspecified atom stereocenters. The molecule has 0 saturated heterocycles. The molecule has 0 aliphatic rings. The van der Waals surface area contributed by atoms with Gasteiger partial charge in [-0.3, -0.25) is 0 Å². The summed E-state index contributed by atoms with van der Waals surface area (Å²) in [6, 6.07) is 6.93. The van der Waals surface area contributed by atoms with Gasteiger partial charge >= 0.3 is 6.18 Å². The van der Waals surface area contributed by atoms with Gasteiger partial charge in [0.2, 0.25) is 5.60 Å². The molecule has 0 spiro atoms. The molecule has 92 valence electrons. The minimum absolute atomic E-state index is 0.0753. The highest BCUT2D eigenvalue weighted by Crippen LogP contribution is 2.43. The van der Waals surface area contributed by atoms with Crippen LogP contribution in [0.25, 0.3) is 10.2 Å². The van der Waals surface area contributed by atoms with E-state index in [1.54, 1.807) is 24.3 Å². The van der Waals surface area contributed by atoms with Crippen molar-refractivity contribution in [1.29, 1.82) is 0 Å². The minimum Gasteiger partial charge on any atom is -0.362 e. The fourth-order valence-corrected chi connectivity index (χ4v) is 2.51. The minimum atomic E-state index is -4.49. The van der Waals surface area contributed by atoms with Crippen molar-refractivity contribution in [2.24, 2.45) is 0 Å². The first-order valence-corrected chi connectivity index (χ1v) is 5.68. The quantitative estimate of drug-likeness (QED) is 0.822. The van der Waals surface area contributed by atoms with Crippen LogP contribution in [0.1, 0.15) is 11.9 Å². The van der Waals surface area contributed by atoms with Gasteiger partial charge in [-0.05, 0) is 19.1 Å². The summed E-state index contributed by atoms with van der Waals surface area (Å²) in [4.78, 5) is 4.00. The predicted molar refractivity (Wildman–Crippen MR) is 60.0 cm³/mol. The molecule has 0 radical (unpaired) electrons. The van der Waals surface area contributed by atoms with Crippen molar-refractivity contribution in [1.82, 2.24) is 4.98 Å². The van der Waals surface area contributed by atoms with Gasteiger partial charge in [0.1, 0.15) is 5.01 Å². The van der Waals surface area contributed by atoms with E-state index in [4.69, 9.17) is 0 Å². The zero-order chi connectivity index (χ0) is 12.7.